The molecule has 0 N–H and O–H groups in total. The fourth-order valence-electron chi connectivity index (χ4n) is 0.763. The van der Waals surface area contributed by atoms with Crippen LogP contribution in [-0.4, -0.2) is 23.6 Å². The van der Waals surface area contributed by atoms with Gasteiger partial charge in [0.2, 0.25) is 0 Å². The second-order valence-electron chi connectivity index (χ2n) is 3.55. The summed E-state index contributed by atoms with van der Waals surface area (Å²) in [5.41, 5.74) is 0. The molecule has 0 fully saturated rings. The molecule has 3 heteroatoms. The maximum atomic E-state index is 2.31. The van der Waals surface area contributed by atoms with Crippen molar-refractivity contribution in [2.24, 2.45) is 11.8 Å². The summed E-state index contributed by atoms with van der Waals surface area (Å²) in [6, 6.07) is 0. The normalized spacial score (nSPS) is 8.55. The Hall–Kier alpha value is 1.60. The van der Waals surface area contributed by atoms with E-state index in [1.165, 1.54) is 10.6 Å². The average molecular weight is 180 g/mol. The molecule has 0 atom stereocenters. The summed E-state index contributed by atoms with van der Waals surface area (Å²) in [6.07, 6.45) is 0. The van der Waals surface area contributed by atoms with Gasteiger partial charge in [0.05, 0.1) is 0 Å². The van der Waals surface area contributed by atoms with Gasteiger partial charge in [0, 0.05) is 0 Å². The largest absolute Gasteiger partial charge is 1.00 e. The van der Waals surface area contributed by atoms with Gasteiger partial charge in [-0.1, -0.05) is 8.41 Å². The quantitative estimate of drug-likeness (QED) is 0.462. The Bertz CT molecular complexity index is 64.1. The third-order valence-electron chi connectivity index (χ3n) is 1.28. The zero-order valence-corrected chi connectivity index (χ0v) is 11.3. The minimum absolute atomic E-state index is 0. The maximum absolute atomic E-state index is 2.31. The first-order chi connectivity index (χ1) is 4.13. The van der Waals surface area contributed by atoms with Crippen LogP contribution in [-0.2, 0) is 0 Å². The summed E-state index contributed by atoms with van der Waals surface area (Å²) >= 11 is 0.755. The van der Waals surface area contributed by atoms with Gasteiger partial charge in [-0.2, -0.15) is 0 Å². The van der Waals surface area contributed by atoms with Crippen LogP contribution in [0, 0.1) is 11.8 Å². The molecule has 0 aliphatic rings. The summed E-state index contributed by atoms with van der Waals surface area (Å²) in [4.78, 5) is 0. The molecule has 0 spiro atoms. The third-order valence-corrected chi connectivity index (χ3v) is 3.83. The van der Waals surface area contributed by atoms with Gasteiger partial charge in [-0.25, -0.2) is 0 Å². The smallest absolute Gasteiger partial charge is 1.00 e. The van der Waals surface area contributed by atoms with Crippen LogP contribution in [0.5, 0.6) is 0 Å². The summed E-state index contributed by atoms with van der Waals surface area (Å²) in [6.45, 7) is 9.25. The Balaban J connectivity index is -0.000000107. The third kappa shape index (κ3) is 18.5. The molecular weight excluding hydrogens is 157 g/mol. The van der Waals surface area contributed by atoms with Crippen molar-refractivity contribution in [3.05, 3.63) is 0 Å². The fourth-order valence-corrected chi connectivity index (χ4v) is 2.29. The number of rotatable bonds is 4. The minimum Gasteiger partial charge on any atom is -1.00 e. The van der Waals surface area contributed by atoms with Gasteiger partial charge in [-0.3, -0.25) is 0 Å². The van der Waals surface area contributed by atoms with E-state index in [1.807, 2.05) is 0 Å². The van der Waals surface area contributed by atoms with Crippen LogP contribution in [0.4, 0.5) is 0 Å². The topological polar surface area (TPSA) is 0 Å². The SMILES string of the molecule is CC(C)[CH2][Al+][CH2]C(C)C.[BH4-].[H-].[Na+]. The predicted molar refractivity (Wildman–Crippen MR) is 57.5 cm³/mol. The standard InChI is InChI=1S/2C4H9.Al.BH4.Na.H/c2*1-4(2)3;;;;/h2*4H,1H2,2-3H3;;1H4;;/q;;+1;-1;+1;-1. The Labute approximate surface area is 104 Å². The summed E-state index contributed by atoms with van der Waals surface area (Å²) in [5.74, 6) is 1.86. The molecule has 0 saturated heterocycles. The zero-order chi connectivity index (χ0) is 7.28. The van der Waals surface area contributed by atoms with E-state index in [1.54, 1.807) is 0 Å². The van der Waals surface area contributed by atoms with Crippen LogP contribution in [0.1, 0.15) is 29.1 Å². The minimum atomic E-state index is 0. The van der Waals surface area contributed by atoms with Crippen molar-refractivity contribution in [1.82, 2.24) is 0 Å². The molecule has 0 unspecified atom stereocenters. The van der Waals surface area contributed by atoms with Gasteiger partial charge in [0.15, 0.2) is 0 Å². The predicted octanol–water partition coefficient (Wildman–Crippen LogP) is -1.50. The molecule has 0 aromatic carbocycles. The van der Waals surface area contributed by atoms with E-state index in [0.29, 0.717) is 0 Å². The van der Waals surface area contributed by atoms with Gasteiger partial charge in [0.25, 0.3) is 0 Å². The molecule has 0 aliphatic carbocycles. The van der Waals surface area contributed by atoms with Crippen molar-refractivity contribution in [3.63, 3.8) is 0 Å². The molecule has 62 valence electrons. The van der Waals surface area contributed by atoms with Gasteiger partial charge in [-0.05, 0) is 0 Å². The second kappa shape index (κ2) is 11.6. The molecule has 0 bridgehead atoms. The van der Waals surface area contributed by atoms with E-state index < -0.39 is 0 Å². The van der Waals surface area contributed by atoms with E-state index in [-0.39, 0.29) is 39.4 Å². The van der Waals surface area contributed by atoms with Crippen LogP contribution in [0.15, 0.2) is 0 Å². The molecule has 0 aliphatic heterocycles. The van der Waals surface area contributed by atoms with Crippen molar-refractivity contribution >= 4 is 23.6 Å². The molecule has 11 heavy (non-hydrogen) atoms. The van der Waals surface area contributed by atoms with Crippen LogP contribution in [0.3, 0.4) is 0 Å². The number of hydrogen-bond acceptors (Lipinski definition) is 0. The van der Waals surface area contributed by atoms with E-state index in [4.69, 9.17) is 0 Å². The zero-order valence-electron chi connectivity index (χ0n) is 9.15. The van der Waals surface area contributed by atoms with Gasteiger partial charge < -0.3 is 1.43 Å². The molecule has 0 heterocycles. The first kappa shape index (κ1) is 18.4. The molecule has 0 aromatic heterocycles. The van der Waals surface area contributed by atoms with Crippen molar-refractivity contribution in [2.45, 2.75) is 38.3 Å². The van der Waals surface area contributed by atoms with Gasteiger partial charge in [0.1, 0.15) is 0 Å². The molecule has 0 rings (SSSR count). The first-order valence-electron chi connectivity index (χ1n) is 3.94. The Morgan fingerprint density at radius 2 is 1.27 bits per heavy atom. The van der Waals surface area contributed by atoms with Gasteiger partial charge >= 0.3 is 94.9 Å². The maximum Gasteiger partial charge on any atom is 1.00 e. The summed E-state index contributed by atoms with van der Waals surface area (Å²) < 4.78 is 0. The van der Waals surface area contributed by atoms with E-state index in [0.717, 1.165) is 27.1 Å². The van der Waals surface area contributed by atoms with Crippen molar-refractivity contribution in [3.8, 4) is 0 Å². The van der Waals surface area contributed by atoms with Crippen LogP contribution >= 0.6 is 0 Å². The summed E-state index contributed by atoms with van der Waals surface area (Å²) in [5, 5.41) is 2.97. The second-order valence-corrected chi connectivity index (χ2v) is 5.07. The molecule has 0 amide bonds. The van der Waals surface area contributed by atoms with E-state index >= 15 is 0 Å². The molecular formula is C8H23AlBNa. The Morgan fingerprint density at radius 1 is 1.00 bits per heavy atom. The van der Waals surface area contributed by atoms with Gasteiger partial charge in [-0.15, -0.1) is 0 Å². The summed E-state index contributed by atoms with van der Waals surface area (Å²) in [7, 11) is 0. The van der Waals surface area contributed by atoms with Crippen LogP contribution < -0.4 is 29.6 Å². The van der Waals surface area contributed by atoms with E-state index in [2.05, 4.69) is 27.7 Å². The van der Waals surface area contributed by atoms with E-state index in [9.17, 15) is 0 Å². The molecule has 0 radical (unpaired) electrons. The Kier molecular flexibility index (Phi) is 19.4. The van der Waals surface area contributed by atoms with Crippen LogP contribution in [0.2, 0.25) is 10.6 Å². The average Bonchev–Trinajstić information content (AvgIpc) is 1.63. The molecule has 0 aromatic rings. The van der Waals surface area contributed by atoms with Crippen molar-refractivity contribution < 1.29 is 31.0 Å². The molecule has 0 nitrogen and oxygen atoms in total. The fraction of sp³-hybridized carbons (Fsp3) is 1.00. The van der Waals surface area contributed by atoms with Crippen LogP contribution in [0.25, 0.3) is 0 Å². The molecule has 0 saturated carbocycles. The van der Waals surface area contributed by atoms with Crippen molar-refractivity contribution in [1.29, 1.82) is 0 Å². The van der Waals surface area contributed by atoms with Crippen molar-refractivity contribution in [2.75, 3.05) is 0 Å². The monoisotopic (exact) mass is 180 g/mol. The first-order valence-corrected chi connectivity index (χ1v) is 5.58. The Morgan fingerprint density at radius 3 is 1.45 bits per heavy atom. The number of hydrogen-bond donors (Lipinski definition) is 0.